The summed E-state index contributed by atoms with van der Waals surface area (Å²) in [6.07, 6.45) is 1.33. The number of amides is 1. The van der Waals surface area contributed by atoms with Gasteiger partial charge in [0.25, 0.3) is 11.5 Å². The van der Waals surface area contributed by atoms with Crippen molar-refractivity contribution in [3.8, 4) is 11.3 Å². The predicted octanol–water partition coefficient (Wildman–Crippen LogP) is 5.25. The highest BCUT2D eigenvalue weighted by molar-refractivity contribution is 7.15. The molecule has 0 radical (unpaired) electrons. The molecule has 0 unspecified atom stereocenters. The fourth-order valence-electron chi connectivity index (χ4n) is 3.46. The Morgan fingerprint density at radius 3 is 2.52 bits per heavy atom. The van der Waals surface area contributed by atoms with E-state index < -0.39 is 11.5 Å². The van der Waals surface area contributed by atoms with Crippen molar-refractivity contribution in [2.75, 3.05) is 5.32 Å². The minimum absolute atomic E-state index is 0.0198. The van der Waals surface area contributed by atoms with Crippen LogP contribution >= 0.6 is 22.9 Å². The standard InChI is InChI=1S/C22H18ClN3O2S/c1-12-8-13(2)19(14(3)9-12)25-20(27)16-10-24-22-26(21(16)28)18(11-29-22)15-6-4-5-7-17(15)23/h4-11H,1-3H3,(H,25,27). The second kappa shape index (κ2) is 7.46. The van der Waals surface area contributed by atoms with Crippen LogP contribution in [-0.2, 0) is 0 Å². The smallest absolute Gasteiger partial charge is 0.271 e. The molecule has 0 spiro atoms. The summed E-state index contributed by atoms with van der Waals surface area (Å²) in [5, 5.41) is 5.22. The number of halogens is 1. The largest absolute Gasteiger partial charge is 0.321 e. The fraction of sp³-hybridized carbons (Fsp3) is 0.136. The summed E-state index contributed by atoms with van der Waals surface area (Å²) in [5.41, 5.74) is 4.59. The van der Waals surface area contributed by atoms with E-state index in [1.54, 1.807) is 6.07 Å². The van der Waals surface area contributed by atoms with Crippen molar-refractivity contribution in [3.05, 3.63) is 85.6 Å². The summed E-state index contributed by atoms with van der Waals surface area (Å²) in [7, 11) is 0. The van der Waals surface area contributed by atoms with Crippen LogP contribution in [0.1, 0.15) is 27.0 Å². The summed E-state index contributed by atoms with van der Waals surface area (Å²) in [4.78, 5) is 30.9. The highest BCUT2D eigenvalue weighted by Gasteiger charge is 2.19. The lowest BCUT2D eigenvalue weighted by atomic mass is 10.0. The molecular formula is C22H18ClN3O2S. The van der Waals surface area contributed by atoms with E-state index >= 15 is 0 Å². The number of nitrogens with zero attached hydrogens (tertiary/aromatic N) is 2. The fourth-order valence-corrected chi connectivity index (χ4v) is 4.55. The van der Waals surface area contributed by atoms with Gasteiger partial charge in [0.05, 0.1) is 5.69 Å². The first kappa shape index (κ1) is 19.4. The van der Waals surface area contributed by atoms with Crippen LogP contribution < -0.4 is 10.9 Å². The number of aryl methyl sites for hydroxylation is 3. The summed E-state index contributed by atoms with van der Waals surface area (Å²) < 4.78 is 1.44. The molecule has 0 fully saturated rings. The van der Waals surface area contributed by atoms with Crippen molar-refractivity contribution in [1.82, 2.24) is 9.38 Å². The van der Waals surface area contributed by atoms with Gasteiger partial charge in [0, 0.05) is 27.9 Å². The number of benzene rings is 2. The van der Waals surface area contributed by atoms with Crippen molar-refractivity contribution in [2.24, 2.45) is 0 Å². The number of thiazole rings is 1. The lowest BCUT2D eigenvalue weighted by molar-refractivity contribution is 0.102. The highest BCUT2D eigenvalue weighted by atomic mass is 35.5. The minimum Gasteiger partial charge on any atom is -0.321 e. The molecule has 2 aromatic heterocycles. The van der Waals surface area contributed by atoms with Gasteiger partial charge in [0.2, 0.25) is 0 Å². The van der Waals surface area contributed by atoms with Crippen LogP contribution in [0, 0.1) is 20.8 Å². The maximum absolute atomic E-state index is 13.2. The molecule has 1 N–H and O–H groups in total. The number of aromatic nitrogens is 2. The molecule has 7 heteroatoms. The molecule has 0 saturated heterocycles. The zero-order valence-corrected chi connectivity index (χ0v) is 17.7. The maximum atomic E-state index is 13.2. The Morgan fingerprint density at radius 2 is 1.83 bits per heavy atom. The van der Waals surface area contributed by atoms with Gasteiger partial charge in [0.1, 0.15) is 5.56 Å². The second-order valence-electron chi connectivity index (χ2n) is 6.92. The molecule has 1 amide bonds. The highest BCUT2D eigenvalue weighted by Crippen LogP contribution is 2.30. The topological polar surface area (TPSA) is 63.5 Å². The quantitative estimate of drug-likeness (QED) is 0.489. The number of hydrogen-bond donors (Lipinski definition) is 1. The number of hydrogen-bond acceptors (Lipinski definition) is 4. The Morgan fingerprint density at radius 1 is 1.14 bits per heavy atom. The first-order valence-corrected chi connectivity index (χ1v) is 10.3. The zero-order chi connectivity index (χ0) is 20.7. The first-order valence-electron chi connectivity index (χ1n) is 9.00. The van der Waals surface area contributed by atoms with E-state index in [9.17, 15) is 9.59 Å². The molecule has 4 rings (SSSR count). The Bertz CT molecular complexity index is 1300. The van der Waals surface area contributed by atoms with Gasteiger partial charge in [-0.25, -0.2) is 4.98 Å². The van der Waals surface area contributed by atoms with Gasteiger partial charge in [0.15, 0.2) is 4.96 Å². The molecule has 0 aliphatic rings. The molecular weight excluding hydrogens is 406 g/mol. The van der Waals surface area contributed by atoms with Gasteiger partial charge in [-0.1, -0.05) is 47.5 Å². The third-order valence-electron chi connectivity index (χ3n) is 4.76. The van der Waals surface area contributed by atoms with Crippen LogP contribution in [0.25, 0.3) is 16.2 Å². The average molecular weight is 424 g/mol. The van der Waals surface area contributed by atoms with Gasteiger partial charge in [-0.05, 0) is 38.0 Å². The molecule has 5 nitrogen and oxygen atoms in total. The summed E-state index contributed by atoms with van der Waals surface area (Å²) in [6, 6.07) is 11.3. The number of fused-ring (bicyclic) bond motifs is 1. The van der Waals surface area contributed by atoms with Crippen molar-refractivity contribution in [3.63, 3.8) is 0 Å². The van der Waals surface area contributed by atoms with Gasteiger partial charge < -0.3 is 5.32 Å². The Hall–Kier alpha value is -2.96. The average Bonchev–Trinajstić information content (AvgIpc) is 3.10. The molecule has 0 aliphatic carbocycles. The summed E-state index contributed by atoms with van der Waals surface area (Å²) in [6.45, 7) is 5.86. The number of nitrogens with one attached hydrogen (secondary N) is 1. The molecule has 4 aromatic rings. The van der Waals surface area contributed by atoms with Gasteiger partial charge in [-0.15, -0.1) is 11.3 Å². The van der Waals surface area contributed by atoms with Crippen LogP contribution in [0.4, 0.5) is 5.69 Å². The number of anilines is 1. The zero-order valence-electron chi connectivity index (χ0n) is 16.1. The van der Waals surface area contributed by atoms with Crippen molar-refractivity contribution in [2.45, 2.75) is 20.8 Å². The monoisotopic (exact) mass is 423 g/mol. The lowest BCUT2D eigenvalue weighted by Gasteiger charge is -2.13. The van der Waals surface area contributed by atoms with Crippen LogP contribution in [0.5, 0.6) is 0 Å². The van der Waals surface area contributed by atoms with Crippen molar-refractivity contribution >= 4 is 39.5 Å². The third-order valence-corrected chi connectivity index (χ3v) is 5.93. The third kappa shape index (κ3) is 3.45. The van der Waals surface area contributed by atoms with Crippen LogP contribution in [0.15, 0.2) is 52.8 Å². The minimum atomic E-state index is -0.483. The molecule has 0 aliphatic heterocycles. The van der Waals surface area contributed by atoms with E-state index in [1.165, 1.54) is 21.9 Å². The predicted molar refractivity (Wildman–Crippen MR) is 118 cm³/mol. The van der Waals surface area contributed by atoms with Crippen molar-refractivity contribution in [1.29, 1.82) is 0 Å². The maximum Gasteiger partial charge on any atom is 0.271 e. The molecule has 29 heavy (non-hydrogen) atoms. The SMILES string of the molecule is Cc1cc(C)c(NC(=O)c2cnc3scc(-c4ccccc4Cl)n3c2=O)c(C)c1. The number of rotatable bonds is 3. The van der Waals surface area contributed by atoms with E-state index in [4.69, 9.17) is 11.6 Å². The molecule has 2 heterocycles. The normalized spacial score (nSPS) is 11.0. The van der Waals surface area contributed by atoms with E-state index in [0.29, 0.717) is 26.9 Å². The molecule has 0 bridgehead atoms. The Balaban J connectivity index is 1.81. The second-order valence-corrected chi connectivity index (χ2v) is 8.17. The van der Waals surface area contributed by atoms with Gasteiger partial charge in [-0.2, -0.15) is 0 Å². The van der Waals surface area contributed by atoms with Gasteiger partial charge >= 0.3 is 0 Å². The van der Waals surface area contributed by atoms with E-state index in [1.807, 2.05) is 56.5 Å². The Kier molecular flexibility index (Phi) is 4.98. The lowest BCUT2D eigenvalue weighted by Crippen LogP contribution is -2.27. The van der Waals surface area contributed by atoms with E-state index in [2.05, 4.69) is 10.3 Å². The van der Waals surface area contributed by atoms with E-state index in [0.717, 1.165) is 16.7 Å². The van der Waals surface area contributed by atoms with Gasteiger partial charge in [-0.3, -0.25) is 14.0 Å². The van der Waals surface area contributed by atoms with Crippen LogP contribution in [-0.4, -0.2) is 15.3 Å². The molecule has 146 valence electrons. The van der Waals surface area contributed by atoms with Crippen LogP contribution in [0.3, 0.4) is 0 Å². The summed E-state index contributed by atoms with van der Waals surface area (Å²) >= 11 is 7.64. The first-order chi connectivity index (χ1) is 13.9. The summed E-state index contributed by atoms with van der Waals surface area (Å²) in [5.74, 6) is -0.483. The van der Waals surface area contributed by atoms with Crippen molar-refractivity contribution < 1.29 is 4.79 Å². The number of carbonyl (C=O) groups is 1. The number of carbonyl (C=O) groups excluding carboxylic acids is 1. The van der Waals surface area contributed by atoms with E-state index in [-0.39, 0.29) is 5.56 Å². The Labute approximate surface area is 176 Å². The molecule has 2 aromatic carbocycles. The molecule has 0 atom stereocenters. The van der Waals surface area contributed by atoms with Crippen LogP contribution in [0.2, 0.25) is 5.02 Å². The molecule has 0 saturated carbocycles.